The zero-order valence-corrected chi connectivity index (χ0v) is 16.0. The van der Waals surface area contributed by atoms with Crippen LogP contribution in [0.15, 0.2) is 53.1 Å². The van der Waals surface area contributed by atoms with Gasteiger partial charge in [0, 0.05) is 37.3 Å². The van der Waals surface area contributed by atoms with Crippen molar-refractivity contribution >= 4 is 23.4 Å². The first-order valence-electron chi connectivity index (χ1n) is 9.83. The summed E-state index contributed by atoms with van der Waals surface area (Å²) in [4.78, 5) is 38.9. The maximum atomic E-state index is 12.3. The van der Waals surface area contributed by atoms with Gasteiger partial charge in [-0.3, -0.25) is 19.3 Å². The SMILES string of the molecule is O=C(CC[C@@H]1CNC(=O)[C@@H]2C[C@H](NC(=O)c3ccco3)CN12)Nc1ccccc1. The lowest BCUT2D eigenvalue weighted by Gasteiger charge is -2.37. The van der Waals surface area contributed by atoms with E-state index in [1.165, 1.54) is 6.26 Å². The number of carbonyl (C=O) groups is 3. The van der Waals surface area contributed by atoms with Crippen molar-refractivity contribution in [3.05, 3.63) is 54.5 Å². The summed E-state index contributed by atoms with van der Waals surface area (Å²) in [6, 6.07) is 12.3. The average molecular weight is 396 g/mol. The van der Waals surface area contributed by atoms with Crippen molar-refractivity contribution in [1.82, 2.24) is 15.5 Å². The molecule has 0 spiro atoms. The minimum Gasteiger partial charge on any atom is -0.459 e. The number of para-hydroxylation sites is 1. The van der Waals surface area contributed by atoms with Gasteiger partial charge in [0.1, 0.15) is 0 Å². The average Bonchev–Trinajstić information content (AvgIpc) is 3.39. The van der Waals surface area contributed by atoms with Gasteiger partial charge in [-0.25, -0.2) is 0 Å². The highest BCUT2D eigenvalue weighted by atomic mass is 16.3. The molecule has 2 fully saturated rings. The summed E-state index contributed by atoms with van der Waals surface area (Å²) in [7, 11) is 0. The van der Waals surface area contributed by atoms with Crippen LogP contribution >= 0.6 is 0 Å². The second-order valence-electron chi connectivity index (χ2n) is 7.45. The van der Waals surface area contributed by atoms with Gasteiger partial charge in [0.15, 0.2) is 5.76 Å². The van der Waals surface area contributed by atoms with Crippen molar-refractivity contribution in [2.24, 2.45) is 0 Å². The van der Waals surface area contributed by atoms with E-state index in [1.807, 2.05) is 30.3 Å². The van der Waals surface area contributed by atoms with Crippen LogP contribution in [0.1, 0.15) is 29.8 Å². The first-order chi connectivity index (χ1) is 14.1. The van der Waals surface area contributed by atoms with Crippen molar-refractivity contribution in [3.8, 4) is 0 Å². The quantitative estimate of drug-likeness (QED) is 0.684. The number of fused-ring (bicyclic) bond motifs is 1. The molecule has 1 aromatic carbocycles. The lowest BCUT2D eigenvalue weighted by Crippen LogP contribution is -2.57. The first-order valence-corrected chi connectivity index (χ1v) is 9.83. The summed E-state index contributed by atoms with van der Waals surface area (Å²) >= 11 is 0. The molecule has 2 aromatic rings. The van der Waals surface area contributed by atoms with E-state index in [4.69, 9.17) is 4.42 Å². The number of hydrogen-bond acceptors (Lipinski definition) is 5. The number of furan rings is 1. The van der Waals surface area contributed by atoms with Crippen LogP contribution in [0.5, 0.6) is 0 Å². The molecule has 8 nitrogen and oxygen atoms in total. The molecular weight excluding hydrogens is 372 g/mol. The molecule has 0 aliphatic carbocycles. The molecule has 3 amide bonds. The molecule has 8 heteroatoms. The third kappa shape index (κ3) is 4.48. The third-order valence-electron chi connectivity index (χ3n) is 5.47. The number of carbonyl (C=O) groups excluding carboxylic acids is 3. The number of rotatable bonds is 6. The smallest absolute Gasteiger partial charge is 0.287 e. The Bertz CT molecular complexity index is 868. The maximum absolute atomic E-state index is 12.3. The van der Waals surface area contributed by atoms with E-state index in [-0.39, 0.29) is 41.6 Å². The number of amides is 3. The Hall–Kier alpha value is -3.13. The van der Waals surface area contributed by atoms with Gasteiger partial charge in [-0.2, -0.15) is 0 Å². The number of nitrogens with zero attached hydrogens (tertiary/aromatic N) is 1. The molecule has 0 radical (unpaired) electrons. The fraction of sp³-hybridized carbons (Fsp3) is 0.381. The summed E-state index contributed by atoms with van der Waals surface area (Å²) in [5.74, 6) is -0.0937. The first kappa shape index (κ1) is 19.2. The van der Waals surface area contributed by atoms with Gasteiger partial charge >= 0.3 is 0 Å². The fourth-order valence-corrected chi connectivity index (χ4v) is 4.06. The molecule has 1 aromatic heterocycles. The number of piperazine rings is 1. The molecule has 2 saturated heterocycles. The normalized spacial score (nSPS) is 23.9. The van der Waals surface area contributed by atoms with Crippen LogP contribution < -0.4 is 16.0 Å². The standard InChI is InChI=1S/C21H24N4O4/c26-19(23-14-5-2-1-3-6-14)9-8-16-12-22-20(27)17-11-15(13-25(16)17)24-21(28)18-7-4-10-29-18/h1-7,10,15-17H,8-9,11-13H2,(H,22,27)(H,23,26)(H,24,28)/t15-,16+,17-/m0/s1. The number of hydrogen-bond donors (Lipinski definition) is 3. The molecule has 29 heavy (non-hydrogen) atoms. The Kier molecular flexibility index (Phi) is 5.62. The lowest BCUT2D eigenvalue weighted by molar-refractivity contribution is -0.129. The molecule has 0 bridgehead atoms. The molecule has 2 aliphatic heterocycles. The molecule has 0 unspecified atom stereocenters. The van der Waals surface area contributed by atoms with Crippen molar-refractivity contribution in [3.63, 3.8) is 0 Å². The summed E-state index contributed by atoms with van der Waals surface area (Å²) in [6.45, 7) is 1.09. The van der Waals surface area contributed by atoms with Crippen molar-refractivity contribution < 1.29 is 18.8 Å². The Balaban J connectivity index is 1.32. The molecule has 0 saturated carbocycles. The van der Waals surface area contributed by atoms with E-state index in [0.29, 0.717) is 32.4 Å². The highest BCUT2D eigenvalue weighted by Gasteiger charge is 2.43. The van der Waals surface area contributed by atoms with E-state index >= 15 is 0 Å². The molecule has 3 N–H and O–H groups in total. The Morgan fingerprint density at radius 2 is 2.00 bits per heavy atom. The third-order valence-corrected chi connectivity index (χ3v) is 5.47. The van der Waals surface area contributed by atoms with Gasteiger partial charge in [0.2, 0.25) is 11.8 Å². The van der Waals surface area contributed by atoms with Gasteiger partial charge in [0.05, 0.1) is 12.3 Å². The molecule has 3 heterocycles. The summed E-state index contributed by atoms with van der Waals surface area (Å²) in [5.41, 5.74) is 0.772. The van der Waals surface area contributed by atoms with E-state index in [2.05, 4.69) is 20.9 Å². The van der Waals surface area contributed by atoms with Crippen molar-refractivity contribution in [2.45, 2.75) is 37.4 Å². The molecule has 4 rings (SSSR count). The zero-order chi connectivity index (χ0) is 20.2. The Labute approximate surface area is 168 Å². The van der Waals surface area contributed by atoms with Gasteiger partial charge in [0.25, 0.3) is 5.91 Å². The van der Waals surface area contributed by atoms with Gasteiger partial charge in [-0.1, -0.05) is 18.2 Å². The van der Waals surface area contributed by atoms with Crippen LogP contribution in [0.2, 0.25) is 0 Å². The Morgan fingerprint density at radius 3 is 2.76 bits per heavy atom. The van der Waals surface area contributed by atoms with Crippen LogP contribution in [0.3, 0.4) is 0 Å². The van der Waals surface area contributed by atoms with E-state index in [0.717, 1.165) is 5.69 Å². The van der Waals surface area contributed by atoms with Crippen LogP contribution in [-0.2, 0) is 9.59 Å². The highest BCUT2D eigenvalue weighted by Crippen LogP contribution is 2.26. The van der Waals surface area contributed by atoms with Gasteiger partial charge in [-0.15, -0.1) is 0 Å². The highest BCUT2D eigenvalue weighted by molar-refractivity contribution is 5.92. The summed E-state index contributed by atoms with van der Waals surface area (Å²) in [5, 5.41) is 8.77. The minimum absolute atomic E-state index is 0.0234. The van der Waals surface area contributed by atoms with Gasteiger partial charge < -0.3 is 20.4 Å². The lowest BCUT2D eigenvalue weighted by atomic mass is 10.0. The number of anilines is 1. The second-order valence-corrected chi connectivity index (χ2v) is 7.45. The van der Waals surface area contributed by atoms with E-state index in [1.54, 1.807) is 12.1 Å². The maximum Gasteiger partial charge on any atom is 0.287 e. The van der Waals surface area contributed by atoms with Crippen LogP contribution in [0, 0.1) is 0 Å². The zero-order valence-electron chi connectivity index (χ0n) is 16.0. The van der Waals surface area contributed by atoms with E-state index < -0.39 is 0 Å². The summed E-state index contributed by atoms with van der Waals surface area (Å²) < 4.78 is 5.13. The number of nitrogens with one attached hydrogen (secondary N) is 3. The monoisotopic (exact) mass is 396 g/mol. The molecule has 2 aliphatic rings. The van der Waals surface area contributed by atoms with Crippen LogP contribution in [-0.4, -0.2) is 53.8 Å². The predicted octanol–water partition coefficient (Wildman–Crippen LogP) is 1.37. The number of benzene rings is 1. The Morgan fingerprint density at radius 1 is 1.17 bits per heavy atom. The van der Waals surface area contributed by atoms with Crippen LogP contribution in [0.4, 0.5) is 5.69 Å². The molecular formula is C21H24N4O4. The van der Waals surface area contributed by atoms with Crippen LogP contribution in [0.25, 0.3) is 0 Å². The molecule has 3 atom stereocenters. The van der Waals surface area contributed by atoms with Gasteiger partial charge in [-0.05, 0) is 37.1 Å². The van der Waals surface area contributed by atoms with Crippen molar-refractivity contribution in [2.75, 3.05) is 18.4 Å². The fourth-order valence-electron chi connectivity index (χ4n) is 4.06. The topological polar surface area (TPSA) is 104 Å². The molecule has 152 valence electrons. The predicted molar refractivity (Wildman–Crippen MR) is 106 cm³/mol. The van der Waals surface area contributed by atoms with E-state index in [9.17, 15) is 14.4 Å². The minimum atomic E-state index is -0.284. The second kappa shape index (κ2) is 8.48. The summed E-state index contributed by atoms with van der Waals surface area (Å²) in [6.07, 6.45) is 3.00. The largest absolute Gasteiger partial charge is 0.459 e. The van der Waals surface area contributed by atoms with Crippen molar-refractivity contribution in [1.29, 1.82) is 0 Å².